The van der Waals surface area contributed by atoms with E-state index in [4.69, 9.17) is 4.74 Å². The van der Waals surface area contributed by atoms with Crippen molar-refractivity contribution in [3.05, 3.63) is 0 Å². The lowest BCUT2D eigenvalue weighted by Gasteiger charge is -2.27. The van der Waals surface area contributed by atoms with Crippen molar-refractivity contribution in [2.45, 2.75) is 39.3 Å². The number of carbonyl (C=O) groups is 1. The van der Waals surface area contributed by atoms with E-state index in [9.17, 15) is 4.79 Å². The summed E-state index contributed by atoms with van der Waals surface area (Å²) in [7, 11) is 3.82. The Hall–Kier alpha value is -0.610. The highest BCUT2D eigenvalue weighted by atomic mass is 16.6. The lowest BCUT2D eigenvalue weighted by molar-refractivity contribution is -0.160. The SMILES string of the molecule is CNCCN(C)C(C)C(=O)OC(C)(C)C. The van der Waals surface area contributed by atoms with Crippen molar-refractivity contribution >= 4 is 5.97 Å². The van der Waals surface area contributed by atoms with Crippen LogP contribution in [0.4, 0.5) is 0 Å². The van der Waals surface area contributed by atoms with E-state index in [0.717, 1.165) is 13.1 Å². The maximum Gasteiger partial charge on any atom is 0.323 e. The Morgan fingerprint density at radius 3 is 2.40 bits per heavy atom. The first-order valence-corrected chi connectivity index (χ1v) is 5.35. The van der Waals surface area contributed by atoms with Crippen LogP contribution in [0, 0.1) is 0 Å². The van der Waals surface area contributed by atoms with Crippen molar-refractivity contribution in [2.75, 3.05) is 27.2 Å². The smallest absolute Gasteiger partial charge is 0.323 e. The molecule has 0 aromatic heterocycles. The predicted octanol–water partition coefficient (Wildman–Crippen LogP) is 0.868. The molecule has 1 atom stereocenters. The molecule has 4 heteroatoms. The molecule has 1 N–H and O–H groups in total. The molecule has 0 saturated heterocycles. The number of hydrogen-bond acceptors (Lipinski definition) is 4. The Kier molecular flexibility index (Phi) is 5.83. The zero-order valence-electron chi connectivity index (χ0n) is 10.8. The van der Waals surface area contributed by atoms with Gasteiger partial charge in [0.1, 0.15) is 11.6 Å². The lowest BCUT2D eigenvalue weighted by Crippen LogP contribution is -2.42. The number of nitrogens with one attached hydrogen (secondary N) is 1. The maximum absolute atomic E-state index is 11.7. The van der Waals surface area contributed by atoms with Crippen LogP contribution in [-0.4, -0.2) is 49.7 Å². The number of esters is 1. The van der Waals surface area contributed by atoms with Crippen molar-refractivity contribution < 1.29 is 9.53 Å². The molecule has 0 aliphatic heterocycles. The van der Waals surface area contributed by atoms with E-state index in [1.165, 1.54) is 0 Å². The minimum atomic E-state index is -0.408. The van der Waals surface area contributed by atoms with Gasteiger partial charge >= 0.3 is 5.97 Å². The molecule has 0 rings (SSSR count). The summed E-state index contributed by atoms with van der Waals surface area (Å²) in [5, 5.41) is 3.05. The topological polar surface area (TPSA) is 41.6 Å². The summed E-state index contributed by atoms with van der Waals surface area (Å²) in [6.07, 6.45) is 0. The van der Waals surface area contributed by atoms with Crippen LogP contribution < -0.4 is 5.32 Å². The first kappa shape index (κ1) is 14.4. The Bertz CT molecular complexity index is 199. The second kappa shape index (κ2) is 6.08. The summed E-state index contributed by atoms with van der Waals surface area (Å²) < 4.78 is 5.30. The second-order valence-corrected chi connectivity index (χ2v) is 4.79. The molecule has 1 unspecified atom stereocenters. The number of ether oxygens (including phenoxy) is 1. The first-order chi connectivity index (χ1) is 6.78. The quantitative estimate of drug-likeness (QED) is 0.692. The molecule has 0 amide bonds. The van der Waals surface area contributed by atoms with Crippen LogP contribution in [0.2, 0.25) is 0 Å². The second-order valence-electron chi connectivity index (χ2n) is 4.79. The Morgan fingerprint density at radius 1 is 1.47 bits per heavy atom. The van der Waals surface area contributed by atoms with Gasteiger partial charge in [-0.05, 0) is 41.8 Å². The van der Waals surface area contributed by atoms with Gasteiger partial charge in [-0.1, -0.05) is 0 Å². The highest BCUT2D eigenvalue weighted by Crippen LogP contribution is 2.10. The fourth-order valence-corrected chi connectivity index (χ4v) is 1.05. The van der Waals surface area contributed by atoms with Gasteiger partial charge in [-0.2, -0.15) is 0 Å². The summed E-state index contributed by atoms with van der Waals surface area (Å²) in [5.74, 6) is -0.166. The summed E-state index contributed by atoms with van der Waals surface area (Å²) in [5.41, 5.74) is -0.408. The number of carbonyl (C=O) groups excluding carboxylic acids is 1. The number of hydrogen-bond donors (Lipinski definition) is 1. The van der Waals surface area contributed by atoms with Crippen molar-refractivity contribution in [1.29, 1.82) is 0 Å². The minimum absolute atomic E-state index is 0.166. The molecule has 0 aromatic rings. The van der Waals surface area contributed by atoms with Gasteiger partial charge in [0.25, 0.3) is 0 Å². The third kappa shape index (κ3) is 6.47. The molecule has 0 fully saturated rings. The summed E-state index contributed by atoms with van der Waals surface area (Å²) in [4.78, 5) is 13.7. The van der Waals surface area contributed by atoms with E-state index >= 15 is 0 Å². The summed E-state index contributed by atoms with van der Waals surface area (Å²) in [6.45, 7) is 9.20. The van der Waals surface area contributed by atoms with E-state index in [1.54, 1.807) is 0 Å². The van der Waals surface area contributed by atoms with Crippen LogP contribution in [-0.2, 0) is 9.53 Å². The Labute approximate surface area is 93.0 Å². The molecule has 0 spiro atoms. The highest BCUT2D eigenvalue weighted by Gasteiger charge is 2.24. The van der Waals surface area contributed by atoms with E-state index in [2.05, 4.69) is 5.32 Å². The third-order valence-electron chi connectivity index (χ3n) is 2.12. The van der Waals surface area contributed by atoms with Crippen LogP contribution in [0.5, 0.6) is 0 Å². The molecule has 15 heavy (non-hydrogen) atoms. The molecule has 4 nitrogen and oxygen atoms in total. The lowest BCUT2D eigenvalue weighted by atomic mass is 10.2. The van der Waals surface area contributed by atoms with Crippen molar-refractivity contribution in [3.8, 4) is 0 Å². The Morgan fingerprint density at radius 2 is 2.00 bits per heavy atom. The number of nitrogens with zero attached hydrogens (tertiary/aromatic N) is 1. The van der Waals surface area contributed by atoms with Gasteiger partial charge in [0.2, 0.25) is 0 Å². The predicted molar refractivity (Wildman–Crippen MR) is 61.9 cm³/mol. The molecule has 0 heterocycles. The number of likely N-dealkylation sites (N-methyl/N-ethyl adjacent to an activating group) is 2. The van der Waals surface area contributed by atoms with Gasteiger partial charge in [0, 0.05) is 13.1 Å². The molecule has 0 bridgehead atoms. The molecule has 0 aliphatic carbocycles. The highest BCUT2D eigenvalue weighted by molar-refractivity contribution is 5.75. The summed E-state index contributed by atoms with van der Waals surface area (Å²) in [6, 6.07) is -0.197. The van der Waals surface area contributed by atoms with E-state index < -0.39 is 5.60 Å². The molecular formula is C11H24N2O2. The van der Waals surface area contributed by atoms with Crippen molar-refractivity contribution in [1.82, 2.24) is 10.2 Å². The van der Waals surface area contributed by atoms with Gasteiger partial charge in [0.05, 0.1) is 0 Å². The van der Waals surface area contributed by atoms with Crippen LogP contribution >= 0.6 is 0 Å². The van der Waals surface area contributed by atoms with E-state index in [-0.39, 0.29) is 12.0 Å². The average molecular weight is 216 g/mol. The fourth-order valence-electron chi connectivity index (χ4n) is 1.05. The molecule has 0 saturated carbocycles. The molecule has 0 aromatic carbocycles. The summed E-state index contributed by atoms with van der Waals surface area (Å²) >= 11 is 0. The van der Waals surface area contributed by atoms with Crippen LogP contribution in [0.3, 0.4) is 0 Å². The van der Waals surface area contributed by atoms with Gasteiger partial charge in [-0.25, -0.2) is 0 Å². The van der Waals surface area contributed by atoms with Crippen molar-refractivity contribution in [3.63, 3.8) is 0 Å². The van der Waals surface area contributed by atoms with Crippen LogP contribution in [0.25, 0.3) is 0 Å². The third-order valence-corrected chi connectivity index (χ3v) is 2.12. The van der Waals surface area contributed by atoms with Gasteiger partial charge in [0.15, 0.2) is 0 Å². The Balaban J connectivity index is 4.08. The average Bonchev–Trinajstić information content (AvgIpc) is 2.10. The fraction of sp³-hybridized carbons (Fsp3) is 0.909. The van der Waals surface area contributed by atoms with E-state index in [1.807, 2.05) is 46.7 Å². The minimum Gasteiger partial charge on any atom is -0.459 e. The van der Waals surface area contributed by atoms with E-state index in [0.29, 0.717) is 0 Å². The van der Waals surface area contributed by atoms with Crippen LogP contribution in [0.1, 0.15) is 27.7 Å². The largest absolute Gasteiger partial charge is 0.459 e. The first-order valence-electron chi connectivity index (χ1n) is 5.35. The van der Waals surface area contributed by atoms with Crippen molar-refractivity contribution in [2.24, 2.45) is 0 Å². The monoisotopic (exact) mass is 216 g/mol. The zero-order chi connectivity index (χ0) is 12.1. The zero-order valence-corrected chi connectivity index (χ0v) is 10.8. The van der Waals surface area contributed by atoms with Gasteiger partial charge < -0.3 is 10.1 Å². The molecule has 0 radical (unpaired) electrons. The molecule has 90 valence electrons. The van der Waals surface area contributed by atoms with Crippen LogP contribution in [0.15, 0.2) is 0 Å². The molecule has 0 aliphatic rings. The normalized spacial score (nSPS) is 14.1. The number of rotatable bonds is 5. The maximum atomic E-state index is 11.7. The van der Waals surface area contributed by atoms with Gasteiger partial charge in [-0.15, -0.1) is 0 Å². The van der Waals surface area contributed by atoms with Gasteiger partial charge in [-0.3, -0.25) is 9.69 Å². The standard InChI is InChI=1S/C11H24N2O2/c1-9(13(6)8-7-12-5)10(14)15-11(2,3)4/h9,12H,7-8H2,1-6H3. The molecular weight excluding hydrogens is 192 g/mol.